The Morgan fingerprint density at radius 3 is 3.05 bits per heavy atom. The van der Waals surface area contributed by atoms with Crippen molar-refractivity contribution in [3.8, 4) is 11.5 Å². The highest BCUT2D eigenvalue weighted by atomic mass is 16.7. The number of carbonyl (C=O) groups excluding carboxylic acids is 1. The van der Waals surface area contributed by atoms with Crippen LogP contribution in [0.15, 0.2) is 18.2 Å². The molecule has 4 rings (SSSR count). The summed E-state index contributed by atoms with van der Waals surface area (Å²) in [5.74, 6) is 1.79. The molecule has 1 amide bonds. The summed E-state index contributed by atoms with van der Waals surface area (Å²) < 4.78 is 16.1. The third kappa shape index (κ3) is 1.76. The van der Waals surface area contributed by atoms with E-state index in [9.17, 15) is 4.79 Å². The lowest BCUT2D eigenvalue weighted by Crippen LogP contribution is -2.53. The Labute approximate surface area is 110 Å². The van der Waals surface area contributed by atoms with Gasteiger partial charge in [0.2, 0.25) is 6.79 Å². The van der Waals surface area contributed by atoms with E-state index in [2.05, 4.69) is 5.32 Å². The van der Waals surface area contributed by atoms with Crippen LogP contribution in [-0.2, 0) is 4.74 Å². The molecule has 5 heteroatoms. The first-order chi connectivity index (χ1) is 9.31. The summed E-state index contributed by atoms with van der Waals surface area (Å²) in [6.07, 6.45) is 2.35. The van der Waals surface area contributed by atoms with Crippen LogP contribution in [-0.4, -0.2) is 31.5 Å². The Hall–Kier alpha value is -1.75. The second-order valence-corrected chi connectivity index (χ2v) is 5.25. The highest BCUT2D eigenvalue weighted by Gasteiger charge is 2.45. The van der Waals surface area contributed by atoms with Crippen LogP contribution in [0, 0.1) is 5.92 Å². The normalized spacial score (nSPS) is 30.6. The molecule has 0 aromatic heterocycles. The lowest BCUT2D eigenvalue weighted by molar-refractivity contribution is 0.00809. The van der Waals surface area contributed by atoms with E-state index in [0.29, 0.717) is 29.1 Å². The molecule has 2 heterocycles. The number of nitrogens with one attached hydrogen (secondary N) is 1. The Balaban J connectivity index is 1.46. The number of fused-ring (bicyclic) bond motifs is 2. The molecule has 3 atom stereocenters. The van der Waals surface area contributed by atoms with Crippen molar-refractivity contribution in [1.29, 1.82) is 0 Å². The van der Waals surface area contributed by atoms with Crippen LogP contribution >= 0.6 is 0 Å². The Morgan fingerprint density at radius 1 is 1.26 bits per heavy atom. The Bertz CT molecular complexity index is 530. The van der Waals surface area contributed by atoms with E-state index in [1.807, 2.05) is 0 Å². The first-order valence-corrected chi connectivity index (χ1v) is 6.63. The zero-order valence-electron chi connectivity index (χ0n) is 10.4. The van der Waals surface area contributed by atoms with Gasteiger partial charge in [-0.2, -0.15) is 0 Å². The van der Waals surface area contributed by atoms with Crippen LogP contribution < -0.4 is 14.8 Å². The second kappa shape index (κ2) is 4.13. The molecule has 0 radical (unpaired) electrons. The van der Waals surface area contributed by atoms with Gasteiger partial charge in [0.05, 0.1) is 6.10 Å². The fraction of sp³-hybridized carbons (Fsp3) is 0.500. The molecule has 1 N–H and O–H groups in total. The Morgan fingerprint density at radius 2 is 2.16 bits per heavy atom. The molecule has 0 spiro atoms. The van der Waals surface area contributed by atoms with Crippen molar-refractivity contribution in [2.45, 2.75) is 25.0 Å². The molecule has 3 aliphatic rings. The van der Waals surface area contributed by atoms with Crippen LogP contribution in [0.4, 0.5) is 0 Å². The topological polar surface area (TPSA) is 56.8 Å². The molecule has 5 nitrogen and oxygen atoms in total. The molecular weight excluding hydrogens is 246 g/mol. The fourth-order valence-corrected chi connectivity index (χ4v) is 3.05. The number of hydrogen-bond acceptors (Lipinski definition) is 4. The average Bonchev–Trinajstić information content (AvgIpc) is 3.00. The van der Waals surface area contributed by atoms with Crippen LogP contribution in [0.1, 0.15) is 23.2 Å². The molecule has 0 unspecified atom stereocenters. The summed E-state index contributed by atoms with van der Waals surface area (Å²) in [6.45, 7) is 1.05. The second-order valence-electron chi connectivity index (χ2n) is 5.25. The van der Waals surface area contributed by atoms with Crippen LogP contribution in [0.25, 0.3) is 0 Å². The van der Waals surface area contributed by atoms with Gasteiger partial charge in [0, 0.05) is 24.1 Å². The first kappa shape index (κ1) is 11.1. The van der Waals surface area contributed by atoms with Crippen LogP contribution in [0.3, 0.4) is 0 Å². The van der Waals surface area contributed by atoms with Gasteiger partial charge >= 0.3 is 0 Å². The maximum absolute atomic E-state index is 12.2. The van der Waals surface area contributed by atoms with Gasteiger partial charge in [0.25, 0.3) is 5.91 Å². The maximum atomic E-state index is 12.2. The van der Waals surface area contributed by atoms with Crippen molar-refractivity contribution in [3.63, 3.8) is 0 Å². The molecule has 100 valence electrons. The van der Waals surface area contributed by atoms with E-state index in [1.54, 1.807) is 18.2 Å². The molecule has 1 saturated carbocycles. The predicted octanol–water partition coefficient (Wildman–Crippen LogP) is 1.32. The van der Waals surface area contributed by atoms with Gasteiger partial charge in [-0.3, -0.25) is 4.79 Å². The van der Waals surface area contributed by atoms with Crippen molar-refractivity contribution in [2.24, 2.45) is 5.92 Å². The highest BCUT2D eigenvalue weighted by Crippen LogP contribution is 2.39. The predicted molar refractivity (Wildman–Crippen MR) is 66.3 cm³/mol. The zero-order valence-corrected chi connectivity index (χ0v) is 10.4. The van der Waals surface area contributed by atoms with Gasteiger partial charge < -0.3 is 19.5 Å². The van der Waals surface area contributed by atoms with E-state index >= 15 is 0 Å². The minimum absolute atomic E-state index is 0.0475. The molecule has 0 bridgehead atoms. The van der Waals surface area contributed by atoms with Gasteiger partial charge in [0.15, 0.2) is 11.5 Å². The maximum Gasteiger partial charge on any atom is 0.251 e. The summed E-state index contributed by atoms with van der Waals surface area (Å²) in [7, 11) is 0. The van der Waals surface area contributed by atoms with Crippen molar-refractivity contribution in [3.05, 3.63) is 23.8 Å². The quantitative estimate of drug-likeness (QED) is 0.872. The summed E-state index contributed by atoms with van der Waals surface area (Å²) in [6, 6.07) is 5.54. The molecule has 19 heavy (non-hydrogen) atoms. The number of amides is 1. The molecule has 2 aliphatic heterocycles. The summed E-state index contributed by atoms with van der Waals surface area (Å²) in [4.78, 5) is 12.2. The molecule has 2 fully saturated rings. The number of ether oxygens (including phenoxy) is 3. The summed E-state index contributed by atoms with van der Waals surface area (Å²) in [5.41, 5.74) is 0.617. The molecular formula is C14H15NO4. The summed E-state index contributed by atoms with van der Waals surface area (Å²) >= 11 is 0. The van der Waals surface area contributed by atoms with Crippen molar-refractivity contribution >= 4 is 5.91 Å². The number of rotatable bonds is 2. The van der Waals surface area contributed by atoms with Gasteiger partial charge in [-0.15, -0.1) is 0 Å². The monoisotopic (exact) mass is 261 g/mol. The zero-order chi connectivity index (χ0) is 12.8. The summed E-state index contributed by atoms with van der Waals surface area (Å²) in [5, 5.41) is 3.08. The average molecular weight is 261 g/mol. The standard InChI is InChI=1S/C14H15NO4/c16-14(15-10-6-12-9(10)3-4-17-12)8-1-2-11-13(5-8)19-7-18-11/h1-2,5,9-10,12H,3-4,6-7H2,(H,15,16)/t9-,10+,12+/m1/s1. The molecule has 1 aromatic carbocycles. The molecule has 1 saturated heterocycles. The molecule has 1 aromatic rings. The third-order valence-electron chi connectivity index (χ3n) is 4.21. The van der Waals surface area contributed by atoms with Gasteiger partial charge in [0.1, 0.15) is 0 Å². The third-order valence-corrected chi connectivity index (χ3v) is 4.21. The highest BCUT2D eigenvalue weighted by molar-refractivity contribution is 5.95. The first-order valence-electron chi connectivity index (χ1n) is 6.63. The van der Waals surface area contributed by atoms with Crippen LogP contribution in [0.5, 0.6) is 11.5 Å². The SMILES string of the molecule is O=C(N[C@H]1C[C@@H]2OCC[C@H]12)c1ccc2c(c1)OCO2. The number of carbonyl (C=O) groups is 1. The minimum Gasteiger partial charge on any atom is -0.454 e. The lowest BCUT2D eigenvalue weighted by atomic mass is 9.76. The van der Waals surface area contributed by atoms with E-state index in [4.69, 9.17) is 14.2 Å². The number of hydrogen-bond donors (Lipinski definition) is 1. The van der Waals surface area contributed by atoms with E-state index in [1.165, 1.54) is 0 Å². The van der Waals surface area contributed by atoms with Gasteiger partial charge in [-0.25, -0.2) is 0 Å². The van der Waals surface area contributed by atoms with Crippen molar-refractivity contribution in [1.82, 2.24) is 5.32 Å². The largest absolute Gasteiger partial charge is 0.454 e. The molecule has 1 aliphatic carbocycles. The minimum atomic E-state index is -0.0475. The van der Waals surface area contributed by atoms with Crippen molar-refractivity contribution < 1.29 is 19.0 Å². The van der Waals surface area contributed by atoms with E-state index in [-0.39, 0.29) is 18.7 Å². The Kier molecular flexibility index (Phi) is 2.41. The van der Waals surface area contributed by atoms with Crippen LogP contribution in [0.2, 0.25) is 0 Å². The fourth-order valence-electron chi connectivity index (χ4n) is 3.05. The van der Waals surface area contributed by atoms with Gasteiger partial charge in [-0.05, 0) is 31.0 Å². The van der Waals surface area contributed by atoms with E-state index < -0.39 is 0 Å². The lowest BCUT2D eigenvalue weighted by Gasteiger charge is -2.39. The van der Waals surface area contributed by atoms with Gasteiger partial charge in [-0.1, -0.05) is 0 Å². The van der Waals surface area contributed by atoms with E-state index in [0.717, 1.165) is 19.4 Å². The number of benzene rings is 1. The smallest absolute Gasteiger partial charge is 0.251 e. The van der Waals surface area contributed by atoms with Crippen molar-refractivity contribution in [2.75, 3.05) is 13.4 Å².